The van der Waals surface area contributed by atoms with E-state index in [-0.39, 0.29) is 5.91 Å². The predicted octanol–water partition coefficient (Wildman–Crippen LogP) is 4.79. The molecule has 0 bridgehead atoms. The third-order valence-electron chi connectivity index (χ3n) is 4.26. The summed E-state index contributed by atoms with van der Waals surface area (Å²) in [6.45, 7) is 10.3. The molecule has 0 unspecified atom stereocenters. The van der Waals surface area contributed by atoms with Crippen LogP contribution in [-0.4, -0.2) is 27.8 Å². The van der Waals surface area contributed by atoms with Gasteiger partial charge in [-0.05, 0) is 37.5 Å². The zero-order chi connectivity index (χ0) is 18.4. The van der Waals surface area contributed by atoms with E-state index < -0.39 is 5.41 Å². The first-order valence-corrected chi connectivity index (χ1v) is 9.40. The Morgan fingerprint density at radius 3 is 2.44 bits per heavy atom. The Morgan fingerprint density at radius 2 is 1.84 bits per heavy atom. The first kappa shape index (κ1) is 19.6. The number of amides is 1. The molecule has 2 rings (SSSR count). The van der Waals surface area contributed by atoms with Crippen molar-refractivity contribution >= 4 is 17.5 Å². The molecule has 0 aliphatic heterocycles. The normalized spacial score (nSPS) is 11.8. The minimum Gasteiger partial charge on any atom is -0.345 e. The van der Waals surface area contributed by atoms with E-state index in [9.17, 15) is 4.79 Å². The molecular weight excluding hydrogens is 332 g/mol. The summed E-state index contributed by atoms with van der Waals surface area (Å²) >= 11 is 6.04. The number of carbonyl (C=O) groups excluding carboxylic acids is 1. The van der Waals surface area contributed by atoms with Gasteiger partial charge in [-0.3, -0.25) is 4.79 Å². The fourth-order valence-electron chi connectivity index (χ4n) is 2.87. The zero-order valence-electron chi connectivity index (χ0n) is 15.7. The van der Waals surface area contributed by atoms with Crippen molar-refractivity contribution < 1.29 is 4.79 Å². The van der Waals surface area contributed by atoms with Gasteiger partial charge in [-0.25, -0.2) is 0 Å². The lowest BCUT2D eigenvalue weighted by atomic mass is 9.93. The summed E-state index contributed by atoms with van der Waals surface area (Å²) in [7, 11) is 0. The number of rotatable bonds is 8. The average molecular weight is 361 g/mol. The smallest absolute Gasteiger partial charge is 0.229 e. The molecule has 0 saturated carbocycles. The Hall–Kier alpha value is -1.74. The average Bonchev–Trinajstić information content (AvgIpc) is 3.01. The number of alkyl halides is 1. The van der Waals surface area contributed by atoms with Gasteiger partial charge in [-0.1, -0.05) is 44.2 Å². The maximum atomic E-state index is 13.0. The Labute approximate surface area is 156 Å². The second-order valence-electron chi connectivity index (χ2n) is 7.71. The Morgan fingerprint density at radius 1 is 1.16 bits per heavy atom. The maximum absolute atomic E-state index is 13.0. The third kappa shape index (κ3) is 5.37. The quantitative estimate of drug-likeness (QED) is 0.621. The van der Waals surface area contributed by atoms with Gasteiger partial charge in [0.05, 0.1) is 12.0 Å². The summed E-state index contributed by atoms with van der Waals surface area (Å²) < 4.78 is 2.21. The predicted molar refractivity (Wildman–Crippen MR) is 105 cm³/mol. The highest BCUT2D eigenvalue weighted by molar-refractivity contribution is 6.19. The first-order chi connectivity index (χ1) is 11.8. The fraction of sp³-hybridized carbons (Fsp3) is 0.476. The van der Waals surface area contributed by atoms with Gasteiger partial charge in [0, 0.05) is 30.9 Å². The standard InChI is InChI=1S/C21H29ClN2O/c1-17(2)13-24(20(25)21(3,4)16-22)15-19-11-8-12-23(19)14-18-9-6-5-7-10-18/h5-12,17H,13-16H2,1-4H3. The van der Waals surface area contributed by atoms with Crippen LogP contribution in [0.3, 0.4) is 0 Å². The molecule has 136 valence electrons. The van der Waals surface area contributed by atoms with Gasteiger partial charge in [-0.2, -0.15) is 0 Å². The van der Waals surface area contributed by atoms with Crippen LogP contribution in [0.25, 0.3) is 0 Å². The molecule has 1 amide bonds. The number of hydrogen-bond acceptors (Lipinski definition) is 1. The topological polar surface area (TPSA) is 25.2 Å². The lowest BCUT2D eigenvalue weighted by Gasteiger charge is -2.32. The van der Waals surface area contributed by atoms with Gasteiger partial charge in [0.1, 0.15) is 0 Å². The van der Waals surface area contributed by atoms with Gasteiger partial charge < -0.3 is 9.47 Å². The first-order valence-electron chi connectivity index (χ1n) is 8.87. The van der Waals surface area contributed by atoms with Gasteiger partial charge in [0.2, 0.25) is 5.91 Å². The van der Waals surface area contributed by atoms with Crippen LogP contribution < -0.4 is 0 Å². The highest BCUT2D eigenvalue weighted by atomic mass is 35.5. The largest absolute Gasteiger partial charge is 0.345 e. The third-order valence-corrected chi connectivity index (χ3v) is 4.93. The second-order valence-corrected chi connectivity index (χ2v) is 7.98. The summed E-state index contributed by atoms with van der Waals surface area (Å²) in [6, 6.07) is 14.5. The van der Waals surface area contributed by atoms with Crippen molar-refractivity contribution in [2.75, 3.05) is 12.4 Å². The molecule has 0 aliphatic rings. The molecule has 0 fully saturated rings. The van der Waals surface area contributed by atoms with Crippen molar-refractivity contribution in [3.8, 4) is 0 Å². The number of hydrogen-bond donors (Lipinski definition) is 0. The van der Waals surface area contributed by atoms with E-state index in [0.29, 0.717) is 18.3 Å². The molecular formula is C21H29ClN2O. The monoisotopic (exact) mass is 360 g/mol. The SMILES string of the molecule is CC(C)CN(Cc1cccn1Cc1ccccc1)C(=O)C(C)(C)CCl. The Bertz CT molecular complexity index is 676. The van der Waals surface area contributed by atoms with E-state index in [1.54, 1.807) is 0 Å². The molecule has 1 aromatic carbocycles. The van der Waals surface area contributed by atoms with Crippen LogP contribution in [0.15, 0.2) is 48.7 Å². The maximum Gasteiger partial charge on any atom is 0.229 e. The molecule has 0 atom stereocenters. The van der Waals surface area contributed by atoms with Gasteiger partial charge >= 0.3 is 0 Å². The highest BCUT2D eigenvalue weighted by Crippen LogP contribution is 2.23. The van der Waals surface area contributed by atoms with Crippen molar-refractivity contribution in [1.29, 1.82) is 0 Å². The number of nitrogens with zero attached hydrogens (tertiary/aromatic N) is 2. The second kappa shape index (κ2) is 8.57. The minimum absolute atomic E-state index is 0.115. The van der Waals surface area contributed by atoms with Gasteiger partial charge in [-0.15, -0.1) is 11.6 Å². The summed E-state index contributed by atoms with van der Waals surface area (Å²) in [6.07, 6.45) is 2.08. The van der Waals surface area contributed by atoms with E-state index in [0.717, 1.165) is 18.8 Å². The number of benzene rings is 1. The molecule has 0 aliphatic carbocycles. The number of aromatic nitrogens is 1. The summed E-state index contributed by atoms with van der Waals surface area (Å²) in [4.78, 5) is 14.9. The van der Waals surface area contributed by atoms with E-state index >= 15 is 0 Å². The Kier molecular flexibility index (Phi) is 6.71. The zero-order valence-corrected chi connectivity index (χ0v) is 16.5. The van der Waals surface area contributed by atoms with Crippen molar-refractivity contribution in [1.82, 2.24) is 9.47 Å². The fourth-order valence-corrected chi connectivity index (χ4v) is 2.98. The number of carbonyl (C=O) groups is 1. The molecule has 1 heterocycles. The van der Waals surface area contributed by atoms with Gasteiger partial charge in [0.25, 0.3) is 0 Å². The molecule has 0 N–H and O–H groups in total. The highest BCUT2D eigenvalue weighted by Gasteiger charge is 2.31. The summed E-state index contributed by atoms with van der Waals surface area (Å²) in [5.74, 6) is 0.849. The van der Waals surface area contributed by atoms with E-state index in [2.05, 4.69) is 54.9 Å². The van der Waals surface area contributed by atoms with Crippen LogP contribution in [0.4, 0.5) is 0 Å². The lowest BCUT2D eigenvalue weighted by molar-refractivity contribution is -0.140. The summed E-state index contributed by atoms with van der Waals surface area (Å²) in [5, 5.41) is 0. The molecule has 2 aromatic rings. The van der Waals surface area contributed by atoms with Crippen molar-refractivity contribution in [2.45, 2.75) is 40.8 Å². The van der Waals surface area contributed by atoms with Crippen molar-refractivity contribution in [3.05, 3.63) is 59.9 Å². The Balaban J connectivity index is 2.19. The van der Waals surface area contributed by atoms with Crippen LogP contribution >= 0.6 is 11.6 Å². The van der Waals surface area contributed by atoms with E-state index in [1.807, 2.05) is 30.9 Å². The molecule has 0 spiro atoms. The van der Waals surface area contributed by atoms with Crippen LogP contribution in [-0.2, 0) is 17.9 Å². The minimum atomic E-state index is -0.548. The molecule has 1 aromatic heterocycles. The molecule has 4 heteroatoms. The molecule has 0 saturated heterocycles. The summed E-state index contributed by atoms with van der Waals surface area (Å²) in [5.41, 5.74) is 1.85. The number of halogens is 1. The molecule has 0 radical (unpaired) electrons. The van der Waals surface area contributed by atoms with E-state index in [4.69, 9.17) is 11.6 Å². The lowest BCUT2D eigenvalue weighted by Crippen LogP contribution is -2.43. The van der Waals surface area contributed by atoms with Crippen molar-refractivity contribution in [2.24, 2.45) is 11.3 Å². The molecule has 3 nitrogen and oxygen atoms in total. The van der Waals surface area contributed by atoms with E-state index in [1.165, 1.54) is 5.56 Å². The van der Waals surface area contributed by atoms with Gasteiger partial charge in [0.15, 0.2) is 0 Å². The van der Waals surface area contributed by atoms with Crippen LogP contribution in [0.5, 0.6) is 0 Å². The van der Waals surface area contributed by atoms with Crippen molar-refractivity contribution in [3.63, 3.8) is 0 Å². The molecule has 25 heavy (non-hydrogen) atoms. The van der Waals surface area contributed by atoms with Crippen LogP contribution in [0, 0.1) is 11.3 Å². The van der Waals surface area contributed by atoms with Crippen LogP contribution in [0.2, 0.25) is 0 Å². The van der Waals surface area contributed by atoms with Crippen LogP contribution in [0.1, 0.15) is 39.0 Å².